The Bertz CT molecular complexity index is 902. The van der Waals surface area contributed by atoms with Crippen LogP contribution in [0.1, 0.15) is 5.69 Å². The Morgan fingerprint density at radius 2 is 0.875 bits per heavy atom. The molecule has 0 bridgehead atoms. The predicted octanol–water partition coefficient (Wildman–Crippen LogP) is 6.37. The molecule has 1 saturated carbocycles. The first kappa shape index (κ1) is 26.2. The number of hydrogen-bond donors (Lipinski definition) is 0. The molecule has 0 spiro atoms. The van der Waals surface area contributed by atoms with Crippen molar-refractivity contribution in [2.75, 3.05) is 0 Å². The molecule has 0 atom stereocenters. The van der Waals surface area contributed by atoms with Crippen LogP contribution in [-0.2, 0) is 12.0 Å². The van der Waals surface area contributed by atoms with Gasteiger partial charge in [-0.1, -0.05) is 0 Å². The van der Waals surface area contributed by atoms with Crippen molar-refractivity contribution >= 4 is 0 Å². The van der Waals surface area contributed by atoms with Crippen LogP contribution in [0.5, 0.6) is 0 Å². The summed E-state index contributed by atoms with van der Waals surface area (Å²) in [5.74, 6) is -53.6. The second-order valence-electron chi connectivity index (χ2n) is 6.18. The largest absolute Gasteiger partial charge is 0.435 e. The van der Waals surface area contributed by atoms with E-state index in [1.807, 2.05) is 0 Å². The van der Waals surface area contributed by atoms with Crippen molar-refractivity contribution in [3.05, 3.63) is 23.3 Å². The molecule has 1 aromatic rings. The predicted molar refractivity (Wildman–Crippen MR) is 58.1 cm³/mol. The summed E-state index contributed by atoms with van der Waals surface area (Å²) in [6, 6.07) is 0. The van der Waals surface area contributed by atoms with Gasteiger partial charge < -0.3 is 0 Å². The van der Waals surface area contributed by atoms with E-state index in [2.05, 4.69) is 0 Å². The summed E-state index contributed by atoms with van der Waals surface area (Å²) in [6.07, 6.45) is -15.1. The van der Waals surface area contributed by atoms with Gasteiger partial charge in [0.25, 0.3) is 0 Å². The third-order valence-corrected chi connectivity index (χ3v) is 4.46. The monoisotopic (exact) mass is 519 g/mol. The highest BCUT2D eigenvalue weighted by atomic mass is 19.4. The lowest BCUT2D eigenvalue weighted by Crippen LogP contribution is -2.87. The minimum atomic E-state index is -8.43. The number of halogens is 19. The molecule has 0 N–H and O–H groups in total. The van der Waals surface area contributed by atoms with Gasteiger partial charge in [0.05, 0.1) is 0 Å². The summed E-state index contributed by atoms with van der Waals surface area (Å²) in [5, 5.41) is 0. The summed E-state index contributed by atoms with van der Waals surface area (Å²) in [4.78, 5) is 0. The van der Waals surface area contributed by atoms with Gasteiger partial charge in [0.2, 0.25) is 11.8 Å². The van der Waals surface area contributed by atoms with Crippen LogP contribution in [0.15, 0.2) is 0 Å². The van der Waals surface area contributed by atoms with Crippen LogP contribution in [0.2, 0.25) is 0 Å². The molecule has 1 heterocycles. The number of alkyl halides is 16. The maximum atomic E-state index is 14.7. The lowest BCUT2D eigenvalue weighted by Gasteiger charge is -2.55. The standard InChI is InChI=1S/C12F19N/c13-1-2(14)4(15)32(3(1)5(16,17)18)11(28)9(24,25)7(20,21)6(19,12(29,30)31)8(22,23)10(11,26)27. The molecule has 20 heteroatoms. The summed E-state index contributed by atoms with van der Waals surface area (Å²) in [7, 11) is 0. The van der Waals surface area contributed by atoms with E-state index < -0.39 is 75.3 Å². The SMILES string of the molecule is Fc1c(F)c(C(F)(F)F)n(C2(F)C(F)(F)C(F)(F)C(F)(C(F)(F)F)C(F)(F)C2(F)F)c1F. The van der Waals surface area contributed by atoms with Gasteiger partial charge in [-0.05, 0) is 0 Å². The summed E-state index contributed by atoms with van der Waals surface area (Å²) < 4.78 is 252. The quantitative estimate of drug-likeness (QED) is 0.381. The molecule has 1 nitrogen and oxygen atoms in total. The van der Waals surface area contributed by atoms with Crippen LogP contribution in [0.3, 0.4) is 0 Å². The van der Waals surface area contributed by atoms with Crippen molar-refractivity contribution < 1.29 is 83.4 Å². The van der Waals surface area contributed by atoms with Crippen molar-refractivity contribution in [3.63, 3.8) is 0 Å². The smallest absolute Gasteiger partial charge is 0.264 e. The lowest BCUT2D eigenvalue weighted by molar-refractivity contribution is -0.514. The molecule has 2 rings (SSSR count). The van der Waals surface area contributed by atoms with Gasteiger partial charge in [0.1, 0.15) is 0 Å². The molecule has 1 aliphatic rings. The van der Waals surface area contributed by atoms with Crippen LogP contribution in [0.4, 0.5) is 83.4 Å². The Hall–Kier alpha value is -2.05. The molecule has 0 radical (unpaired) electrons. The molecule has 1 fully saturated rings. The van der Waals surface area contributed by atoms with E-state index in [0.29, 0.717) is 0 Å². The lowest BCUT2D eigenvalue weighted by atomic mass is 9.69. The van der Waals surface area contributed by atoms with Crippen molar-refractivity contribution in [1.82, 2.24) is 4.57 Å². The van der Waals surface area contributed by atoms with E-state index in [0.717, 1.165) is 0 Å². The van der Waals surface area contributed by atoms with E-state index >= 15 is 0 Å². The minimum Gasteiger partial charge on any atom is -0.264 e. The second kappa shape index (κ2) is 6.09. The minimum absolute atomic E-state index is 3.38. The molecular formula is C12F19N. The Balaban J connectivity index is 3.21. The van der Waals surface area contributed by atoms with Gasteiger partial charge in [-0.3, -0.25) is 4.57 Å². The van der Waals surface area contributed by atoms with E-state index in [-0.39, 0.29) is 0 Å². The molecular weight excluding hydrogens is 519 g/mol. The molecule has 0 amide bonds. The highest BCUT2D eigenvalue weighted by molar-refractivity contribution is 5.32. The molecule has 1 aliphatic carbocycles. The van der Waals surface area contributed by atoms with Gasteiger partial charge >= 0.3 is 47.5 Å². The van der Waals surface area contributed by atoms with Gasteiger partial charge in [-0.15, -0.1) is 0 Å². The average molecular weight is 519 g/mol. The van der Waals surface area contributed by atoms with Gasteiger partial charge in [-0.2, -0.15) is 70.2 Å². The van der Waals surface area contributed by atoms with E-state index in [4.69, 9.17) is 0 Å². The normalized spacial score (nSPS) is 31.6. The first-order chi connectivity index (χ1) is 13.7. The summed E-state index contributed by atoms with van der Waals surface area (Å²) in [5.41, 5.74) is -12.7. The fraction of sp³-hybridized carbons (Fsp3) is 0.667. The van der Waals surface area contributed by atoms with Crippen molar-refractivity contribution in [2.24, 2.45) is 0 Å². The van der Waals surface area contributed by atoms with Gasteiger partial charge in [-0.25, -0.2) is 13.2 Å². The molecule has 32 heavy (non-hydrogen) atoms. The Morgan fingerprint density at radius 1 is 0.531 bits per heavy atom. The number of hydrogen-bond acceptors (Lipinski definition) is 0. The Kier molecular flexibility index (Phi) is 4.99. The topological polar surface area (TPSA) is 4.93 Å². The Labute approximate surface area is 160 Å². The number of nitrogens with zero attached hydrogens (tertiary/aromatic N) is 1. The van der Waals surface area contributed by atoms with Crippen LogP contribution in [0.25, 0.3) is 0 Å². The zero-order valence-corrected chi connectivity index (χ0v) is 13.6. The van der Waals surface area contributed by atoms with E-state index in [1.165, 1.54) is 0 Å². The first-order valence-corrected chi connectivity index (χ1v) is 7.01. The summed E-state index contributed by atoms with van der Waals surface area (Å²) >= 11 is 0. The summed E-state index contributed by atoms with van der Waals surface area (Å²) in [6.45, 7) is 0. The van der Waals surface area contributed by atoms with E-state index in [1.54, 1.807) is 0 Å². The third kappa shape index (κ3) is 2.35. The maximum absolute atomic E-state index is 14.7. The van der Waals surface area contributed by atoms with Crippen LogP contribution >= 0.6 is 0 Å². The van der Waals surface area contributed by atoms with Crippen LogP contribution in [0, 0.1) is 17.6 Å². The van der Waals surface area contributed by atoms with Crippen molar-refractivity contribution in [3.8, 4) is 0 Å². The fourth-order valence-electron chi connectivity index (χ4n) is 2.91. The molecule has 0 saturated heterocycles. The number of aromatic nitrogens is 1. The van der Waals surface area contributed by atoms with Crippen LogP contribution < -0.4 is 0 Å². The highest BCUT2D eigenvalue weighted by Crippen LogP contribution is 2.74. The molecule has 0 aromatic carbocycles. The zero-order valence-electron chi connectivity index (χ0n) is 13.6. The van der Waals surface area contributed by atoms with Crippen molar-refractivity contribution in [1.29, 1.82) is 0 Å². The fourth-order valence-corrected chi connectivity index (χ4v) is 2.91. The third-order valence-electron chi connectivity index (χ3n) is 4.46. The first-order valence-electron chi connectivity index (χ1n) is 7.01. The van der Waals surface area contributed by atoms with Gasteiger partial charge in [0, 0.05) is 0 Å². The van der Waals surface area contributed by atoms with Crippen molar-refractivity contribution in [2.45, 2.75) is 47.5 Å². The maximum Gasteiger partial charge on any atom is 0.435 e. The molecule has 0 aliphatic heterocycles. The van der Waals surface area contributed by atoms with Gasteiger partial charge in [0.15, 0.2) is 11.5 Å². The van der Waals surface area contributed by atoms with Crippen LogP contribution in [-0.4, -0.2) is 40.1 Å². The Morgan fingerprint density at radius 3 is 1.16 bits per heavy atom. The van der Waals surface area contributed by atoms with E-state index in [9.17, 15) is 83.4 Å². The highest BCUT2D eigenvalue weighted by Gasteiger charge is 3.05. The average Bonchev–Trinajstić information content (AvgIpc) is 2.81. The molecule has 0 unspecified atom stereocenters. The number of rotatable bonds is 1. The second-order valence-corrected chi connectivity index (χ2v) is 6.18. The zero-order chi connectivity index (χ0) is 25.9. The molecule has 186 valence electrons. The molecule has 1 aromatic heterocycles.